The first kappa shape index (κ1) is 15.6. The first-order chi connectivity index (χ1) is 10.5. The van der Waals surface area contributed by atoms with Crippen LogP contribution in [0.2, 0.25) is 0 Å². The molecule has 116 valence electrons. The Morgan fingerprint density at radius 3 is 2.50 bits per heavy atom. The molecule has 0 bridgehead atoms. The summed E-state index contributed by atoms with van der Waals surface area (Å²) in [6.07, 6.45) is 0. The summed E-state index contributed by atoms with van der Waals surface area (Å²) in [5.74, 6) is 0.0495. The standard InChI is InChI=1S/C14H18N6O2/c1-10-4-6-12(7-5-10)15-13(21)8-19(3)14(22)9-20-11(2)16-17-18-20/h4-7H,8-9H2,1-3H3,(H,15,21). The summed E-state index contributed by atoms with van der Waals surface area (Å²) in [7, 11) is 1.57. The first-order valence-electron chi connectivity index (χ1n) is 6.79. The molecule has 2 rings (SSSR count). The average molecular weight is 302 g/mol. The zero-order chi connectivity index (χ0) is 16.1. The van der Waals surface area contributed by atoms with Crippen molar-refractivity contribution in [2.75, 3.05) is 18.9 Å². The van der Waals surface area contributed by atoms with Gasteiger partial charge in [0.15, 0.2) is 0 Å². The van der Waals surface area contributed by atoms with E-state index >= 15 is 0 Å². The van der Waals surface area contributed by atoms with E-state index in [0.29, 0.717) is 11.5 Å². The molecular formula is C14H18N6O2. The summed E-state index contributed by atoms with van der Waals surface area (Å²) in [6, 6.07) is 7.45. The summed E-state index contributed by atoms with van der Waals surface area (Å²) < 4.78 is 1.39. The first-order valence-corrected chi connectivity index (χ1v) is 6.79. The van der Waals surface area contributed by atoms with Crippen molar-refractivity contribution in [2.45, 2.75) is 20.4 Å². The highest BCUT2D eigenvalue weighted by atomic mass is 16.2. The van der Waals surface area contributed by atoms with Gasteiger partial charge in [-0.25, -0.2) is 4.68 Å². The van der Waals surface area contributed by atoms with E-state index in [1.165, 1.54) is 9.58 Å². The number of carbonyl (C=O) groups excluding carboxylic acids is 2. The fourth-order valence-corrected chi connectivity index (χ4v) is 1.79. The van der Waals surface area contributed by atoms with Gasteiger partial charge in [-0.15, -0.1) is 5.10 Å². The van der Waals surface area contributed by atoms with Crippen LogP contribution in [0, 0.1) is 13.8 Å². The van der Waals surface area contributed by atoms with Crippen LogP contribution in [-0.2, 0) is 16.1 Å². The molecule has 0 atom stereocenters. The molecule has 0 spiro atoms. The van der Waals surface area contributed by atoms with Gasteiger partial charge in [0, 0.05) is 12.7 Å². The molecule has 0 fully saturated rings. The highest BCUT2D eigenvalue weighted by Gasteiger charge is 2.15. The Labute approximate surface area is 128 Å². The molecular weight excluding hydrogens is 284 g/mol. The fourth-order valence-electron chi connectivity index (χ4n) is 1.79. The number of aryl methyl sites for hydroxylation is 2. The molecule has 0 saturated carbocycles. The monoisotopic (exact) mass is 302 g/mol. The Morgan fingerprint density at radius 1 is 1.23 bits per heavy atom. The smallest absolute Gasteiger partial charge is 0.244 e. The maximum absolute atomic E-state index is 12.0. The minimum absolute atomic E-state index is 0.00709. The summed E-state index contributed by atoms with van der Waals surface area (Å²) in [4.78, 5) is 25.3. The molecule has 2 amide bonds. The normalized spacial score (nSPS) is 10.3. The predicted molar refractivity (Wildman–Crippen MR) is 80.0 cm³/mol. The molecule has 2 aromatic rings. The largest absolute Gasteiger partial charge is 0.335 e. The van der Waals surface area contributed by atoms with Crippen molar-refractivity contribution < 1.29 is 9.59 Å². The number of nitrogens with zero attached hydrogens (tertiary/aromatic N) is 5. The SMILES string of the molecule is Cc1ccc(NC(=O)CN(C)C(=O)Cn2nnnc2C)cc1. The summed E-state index contributed by atoms with van der Waals surface area (Å²) >= 11 is 0. The number of amides is 2. The van der Waals surface area contributed by atoms with E-state index in [1.54, 1.807) is 14.0 Å². The Kier molecular flexibility index (Phi) is 4.82. The third-order valence-corrected chi connectivity index (χ3v) is 3.14. The number of likely N-dealkylation sites (N-methyl/N-ethyl adjacent to an activating group) is 1. The molecule has 8 heteroatoms. The van der Waals surface area contributed by atoms with Crippen molar-refractivity contribution >= 4 is 17.5 Å². The molecule has 1 N–H and O–H groups in total. The van der Waals surface area contributed by atoms with Crippen LogP contribution in [0.5, 0.6) is 0 Å². The number of hydrogen-bond donors (Lipinski definition) is 1. The van der Waals surface area contributed by atoms with E-state index < -0.39 is 0 Å². The van der Waals surface area contributed by atoms with Gasteiger partial charge < -0.3 is 10.2 Å². The Hall–Kier alpha value is -2.77. The second-order valence-corrected chi connectivity index (χ2v) is 5.05. The number of anilines is 1. The van der Waals surface area contributed by atoms with Crippen LogP contribution >= 0.6 is 0 Å². The molecule has 8 nitrogen and oxygen atoms in total. The number of nitrogens with one attached hydrogen (secondary N) is 1. The summed E-state index contributed by atoms with van der Waals surface area (Å²) in [5, 5.41) is 13.6. The number of tetrazole rings is 1. The van der Waals surface area contributed by atoms with Crippen molar-refractivity contribution in [1.82, 2.24) is 25.1 Å². The molecule has 0 aliphatic heterocycles. The highest BCUT2D eigenvalue weighted by Crippen LogP contribution is 2.08. The van der Waals surface area contributed by atoms with E-state index in [0.717, 1.165) is 5.56 Å². The molecule has 1 aromatic carbocycles. The summed E-state index contributed by atoms with van der Waals surface area (Å²) in [6.45, 7) is 3.65. The quantitative estimate of drug-likeness (QED) is 0.862. The highest BCUT2D eigenvalue weighted by molar-refractivity contribution is 5.94. The van der Waals surface area contributed by atoms with Gasteiger partial charge in [0.05, 0.1) is 6.54 Å². The number of carbonyl (C=O) groups is 2. The van der Waals surface area contributed by atoms with Crippen LogP contribution in [0.25, 0.3) is 0 Å². The van der Waals surface area contributed by atoms with Crippen LogP contribution in [0.3, 0.4) is 0 Å². The number of hydrogen-bond acceptors (Lipinski definition) is 5. The zero-order valence-corrected chi connectivity index (χ0v) is 12.8. The van der Waals surface area contributed by atoms with Gasteiger partial charge in [0.2, 0.25) is 11.8 Å². The average Bonchev–Trinajstić information content (AvgIpc) is 2.86. The lowest BCUT2D eigenvalue weighted by Crippen LogP contribution is -2.37. The molecule has 0 unspecified atom stereocenters. The second kappa shape index (κ2) is 6.79. The van der Waals surface area contributed by atoms with Gasteiger partial charge in [0.25, 0.3) is 0 Å². The third-order valence-electron chi connectivity index (χ3n) is 3.14. The van der Waals surface area contributed by atoms with Crippen LogP contribution in [0.4, 0.5) is 5.69 Å². The summed E-state index contributed by atoms with van der Waals surface area (Å²) in [5.41, 5.74) is 1.81. The Bertz CT molecular complexity index is 664. The van der Waals surface area contributed by atoms with E-state index in [-0.39, 0.29) is 24.9 Å². The van der Waals surface area contributed by atoms with Gasteiger partial charge in [-0.1, -0.05) is 17.7 Å². The van der Waals surface area contributed by atoms with Crippen molar-refractivity contribution in [1.29, 1.82) is 0 Å². The lowest BCUT2D eigenvalue weighted by Gasteiger charge is -2.16. The molecule has 0 radical (unpaired) electrons. The maximum Gasteiger partial charge on any atom is 0.244 e. The van der Waals surface area contributed by atoms with E-state index in [9.17, 15) is 9.59 Å². The van der Waals surface area contributed by atoms with Crippen LogP contribution in [0.15, 0.2) is 24.3 Å². The van der Waals surface area contributed by atoms with Crippen LogP contribution in [-0.4, -0.2) is 50.5 Å². The van der Waals surface area contributed by atoms with E-state index in [4.69, 9.17) is 0 Å². The van der Waals surface area contributed by atoms with Crippen molar-refractivity contribution in [3.8, 4) is 0 Å². The number of aromatic nitrogens is 4. The lowest BCUT2D eigenvalue weighted by molar-refractivity contribution is -0.134. The van der Waals surface area contributed by atoms with Crippen molar-refractivity contribution in [2.24, 2.45) is 0 Å². The lowest BCUT2D eigenvalue weighted by atomic mass is 10.2. The van der Waals surface area contributed by atoms with Gasteiger partial charge in [-0.2, -0.15) is 0 Å². The second-order valence-electron chi connectivity index (χ2n) is 5.05. The number of benzene rings is 1. The van der Waals surface area contributed by atoms with Gasteiger partial charge >= 0.3 is 0 Å². The van der Waals surface area contributed by atoms with Gasteiger partial charge in [0.1, 0.15) is 12.4 Å². The maximum atomic E-state index is 12.0. The van der Waals surface area contributed by atoms with Gasteiger partial charge in [-0.3, -0.25) is 9.59 Å². The molecule has 1 aromatic heterocycles. The molecule has 1 heterocycles. The predicted octanol–water partition coefficient (Wildman–Crippen LogP) is 0.387. The Morgan fingerprint density at radius 2 is 1.91 bits per heavy atom. The molecule has 0 aliphatic rings. The molecule has 22 heavy (non-hydrogen) atoms. The van der Waals surface area contributed by atoms with E-state index in [1.807, 2.05) is 31.2 Å². The topological polar surface area (TPSA) is 93.0 Å². The van der Waals surface area contributed by atoms with Crippen LogP contribution in [0.1, 0.15) is 11.4 Å². The number of rotatable bonds is 5. The molecule has 0 aliphatic carbocycles. The fraction of sp³-hybridized carbons (Fsp3) is 0.357. The van der Waals surface area contributed by atoms with Crippen molar-refractivity contribution in [3.05, 3.63) is 35.7 Å². The van der Waals surface area contributed by atoms with Gasteiger partial charge in [-0.05, 0) is 36.4 Å². The molecule has 0 saturated heterocycles. The van der Waals surface area contributed by atoms with Crippen molar-refractivity contribution in [3.63, 3.8) is 0 Å². The van der Waals surface area contributed by atoms with E-state index in [2.05, 4.69) is 20.8 Å². The Balaban J connectivity index is 1.86. The van der Waals surface area contributed by atoms with Crippen LogP contribution < -0.4 is 5.32 Å². The third kappa shape index (κ3) is 4.11. The minimum atomic E-state index is -0.256. The minimum Gasteiger partial charge on any atom is -0.335 e. The zero-order valence-electron chi connectivity index (χ0n) is 12.8.